The van der Waals surface area contributed by atoms with E-state index in [0.29, 0.717) is 11.5 Å². The number of hydrogen-bond donors (Lipinski definition) is 1. The van der Waals surface area contributed by atoms with E-state index < -0.39 is 0 Å². The highest BCUT2D eigenvalue weighted by Gasteiger charge is 2.12. The van der Waals surface area contributed by atoms with Gasteiger partial charge in [0.05, 0.1) is 4.88 Å². The zero-order valence-corrected chi connectivity index (χ0v) is 14.5. The van der Waals surface area contributed by atoms with Gasteiger partial charge in [0.15, 0.2) is 0 Å². The van der Waals surface area contributed by atoms with Crippen LogP contribution in [0.1, 0.15) is 26.4 Å². The number of ether oxygens (including phenoxy) is 1. The van der Waals surface area contributed by atoms with Crippen LogP contribution in [0.5, 0.6) is 5.75 Å². The van der Waals surface area contributed by atoms with E-state index in [2.05, 4.69) is 5.32 Å². The van der Waals surface area contributed by atoms with E-state index in [9.17, 15) is 4.79 Å². The molecule has 0 aliphatic carbocycles. The lowest BCUT2D eigenvalue weighted by molar-refractivity contribution is 0.103. The molecule has 0 unspecified atom stereocenters. The van der Waals surface area contributed by atoms with Crippen molar-refractivity contribution in [2.75, 3.05) is 5.32 Å². The monoisotopic (exact) mass is 337 g/mol. The van der Waals surface area contributed by atoms with Crippen molar-refractivity contribution in [3.8, 4) is 5.75 Å². The van der Waals surface area contributed by atoms with Gasteiger partial charge in [-0.25, -0.2) is 0 Å². The Hall–Kier alpha value is -2.59. The summed E-state index contributed by atoms with van der Waals surface area (Å²) in [5.41, 5.74) is 4.01. The highest BCUT2D eigenvalue weighted by atomic mass is 32.1. The minimum Gasteiger partial charge on any atom is -0.489 e. The van der Waals surface area contributed by atoms with Crippen molar-refractivity contribution in [2.45, 2.75) is 20.5 Å². The van der Waals surface area contributed by atoms with Gasteiger partial charge in [0.2, 0.25) is 0 Å². The summed E-state index contributed by atoms with van der Waals surface area (Å²) in [5, 5.41) is 4.97. The molecule has 3 nitrogen and oxygen atoms in total. The molecular weight excluding hydrogens is 318 g/mol. The van der Waals surface area contributed by atoms with Gasteiger partial charge in [0.25, 0.3) is 5.91 Å². The van der Waals surface area contributed by atoms with Gasteiger partial charge in [-0.1, -0.05) is 36.4 Å². The molecule has 122 valence electrons. The van der Waals surface area contributed by atoms with Crippen LogP contribution in [0.4, 0.5) is 5.69 Å². The summed E-state index contributed by atoms with van der Waals surface area (Å²) < 4.78 is 5.72. The quantitative estimate of drug-likeness (QED) is 0.695. The first-order chi connectivity index (χ1) is 11.6. The summed E-state index contributed by atoms with van der Waals surface area (Å²) in [4.78, 5) is 13.1. The second kappa shape index (κ2) is 7.32. The third-order valence-corrected chi connectivity index (χ3v) is 4.72. The summed E-state index contributed by atoms with van der Waals surface area (Å²) in [6.07, 6.45) is 0. The highest BCUT2D eigenvalue weighted by Crippen LogP contribution is 2.23. The first kappa shape index (κ1) is 16.3. The normalized spacial score (nSPS) is 10.4. The summed E-state index contributed by atoms with van der Waals surface area (Å²) in [5.74, 6) is 0.744. The molecule has 1 N–H and O–H groups in total. The molecular formula is C20H19NO2S. The fourth-order valence-electron chi connectivity index (χ4n) is 2.44. The summed E-state index contributed by atoms with van der Waals surface area (Å²) in [6.45, 7) is 4.45. The van der Waals surface area contributed by atoms with Crippen molar-refractivity contribution in [3.05, 3.63) is 81.5 Å². The van der Waals surface area contributed by atoms with E-state index >= 15 is 0 Å². The lowest BCUT2D eigenvalue weighted by atomic mass is 10.1. The van der Waals surface area contributed by atoms with Gasteiger partial charge in [0.1, 0.15) is 12.4 Å². The number of hydrogen-bond acceptors (Lipinski definition) is 3. The van der Waals surface area contributed by atoms with Crippen LogP contribution < -0.4 is 10.1 Å². The Morgan fingerprint density at radius 1 is 1.04 bits per heavy atom. The van der Waals surface area contributed by atoms with E-state index in [4.69, 9.17) is 4.74 Å². The van der Waals surface area contributed by atoms with Crippen molar-refractivity contribution < 1.29 is 9.53 Å². The number of benzene rings is 2. The first-order valence-electron chi connectivity index (χ1n) is 7.76. The molecule has 0 radical (unpaired) electrons. The molecule has 1 aromatic heterocycles. The predicted molar refractivity (Wildman–Crippen MR) is 99.0 cm³/mol. The Bertz CT molecular complexity index is 820. The molecule has 0 spiro atoms. The number of aryl methyl sites for hydroxylation is 2. The molecule has 4 heteroatoms. The second-order valence-electron chi connectivity index (χ2n) is 5.64. The summed E-state index contributed by atoms with van der Waals surface area (Å²) in [7, 11) is 0. The lowest BCUT2D eigenvalue weighted by Crippen LogP contribution is -2.12. The van der Waals surface area contributed by atoms with Gasteiger partial charge in [-0.05, 0) is 48.6 Å². The van der Waals surface area contributed by atoms with Crippen molar-refractivity contribution in [1.29, 1.82) is 0 Å². The van der Waals surface area contributed by atoms with E-state index in [0.717, 1.165) is 28.1 Å². The minimum absolute atomic E-state index is 0.0802. The van der Waals surface area contributed by atoms with Gasteiger partial charge in [-0.2, -0.15) is 0 Å². The number of rotatable bonds is 5. The number of carbonyl (C=O) groups excluding carboxylic acids is 1. The van der Waals surface area contributed by atoms with Gasteiger partial charge in [0, 0.05) is 11.3 Å². The molecule has 0 saturated carbocycles. The molecule has 0 saturated heterocycles. The third kappa shape index (κ3) is 3.84. The van der Waals surface area contributed by atoms with Crippen molar-refractivity contribution in [3.63, 3.8) is 0 Å². The molecule has 0 bridgehead atoms. The van der Waals surface area contributed by atoms with Crippen LogP contribution in [-0.4, -0.2) is 5.91 Å². The van der Waals surface area contributed by atoms with Gasteiger partial charge in [-0.3, -0.25) is 4.79 Å². The Morgan fingerprint density at radius 2 is 1.75 bits per heavy atom. The second-order valence-corrected chi connectivity index (χ2v) is 6.55. The number of anilines is 1. The van der Waals surface area contributed by atoms with Gasteiger partial charge < -0.3 is 10.1 Å². The maximum absolute atomic E-state index is 12.5. The highest BCUT2D eigenvalue weighted by molar-refractivity contribution is 7.12. The zero-order valence-electron chi connectivity index (χ0n) is 13.7. The van der Waals surface area contributed by atoms with E-state index in [-0.39, 0.29) is 5.91 Å². The van der Waals surface area contributed by atoms with Crippen LogP contribution in [0, 0.1) is 13.8 Å². The van der Waals surface area contributed by atoms with E-state index in [1.165, 1.54) is 11.3 Å². The number of amides is 1. The fraction of sp³-hybridized carbons (Fsp3) is 0.150. The van der Waals surface area contributed by atoms with Crippen LogP contribution in [0.2, 0.25) is 0 Å². The van der Waals surface area contributed by atoms with E-state index in [1.807, 2.05) is 73.8 Å². The standard InChI is InChI=1S/C20H19NO2S/c1-14-7-6-8-15(2)19(14)21-20(22)18-11-16(13-24-18)12-23-17-9-4-3-5-10-17/h3-11,13H,12H2,1-2H3,(H,21,22). The molecule has 3 rings (SSSR count). The number of carbonyl (C=O) groups is 1. The average Bonchev–Trinajstić information content (AvgIpc) is 3.06. The van der Waals surface area contributed by atoms with Crippen LogP contribution in [0.15, 0.2) is 60.0 Å². The largest absolute Gasteiger partial charge is 0.489 e. The smallest absolute Gasteiger partial charge is 0.265 e. The maximum Gasteiger partial charge on any atom is 0.265 e. The Labute approximate surface area is 145 Å². The molecule has 3 aromatic rings. The maximum atomic E-state index is 12.5. The fourth-order valence-corrected chi connectivity index (χ4v) is 3.23. The zero-order chi connectivity index (χ0) is 16.9. The molecule has 2 aromatic carbocycles. The lowest BCUT2D eigenvalue weighted by Gasteiger charge is -2.10. The molecule has 24 heavy (non-hydrogen) atoms. The van der Waals surface area contributed by atoms with Gasteiger partial charge >= 0.3 is 0 Å². The predicted octanol–water partition coefficient (Wildman–Crippen LogP) is 5.20. The molecule has 0 fully saturated rings. The summed E-state index contributed by atoms with van der Waals surface area (Å²) >= 11 is 1.43. The molecule has 0 atom stereocenters. The Morgan fingerprint density at radius 3 is 2.46 bits per heavy atom. The van der Waals surface area contributed by atoms with E-state index in [1.54, 1.807) is 0 Å². The molecule has 0 aliphatic heterocycles. The third-order valence-electron chi connectivity index (χ3n) is 3.75. The number of nitrogens with one attached hydrogen (secondary N) is 1. The Kier molecular flexibility index (Phi) is 4.96. The molecule has 0 aliphatic rings. The Balaban J connectivity index is 1.65. The minimum atomic E-state index is -0.0802. The SMILES string of the molecule is Cc1cccc(C)c1NC(=O)c1cc(COc2ccccc2)cs1. The van der Waals surface area contributed by atoms with Gasteiger partial charge in [-0.15, -0.1) is 11.3 Å². The topological polar surface area (TPSA) is 38.3 Å². The van der Waals surface area contributed by atoms with Crippen LogP contribution in [0.3, 0.4) is 0 Å². The van der Waals surface area contributed by atoms with Crippen molar-refractivity contribution in [2.24, 2.45) is 0 Å². The molecule has 1 amide bonds. The van der Waals surface area contributed by atoms with Crippen LogP contribution in [-0.2, 0) is 6.61 Å². The number of thiophene rings is 1. The van der Waals surface area contributed by atoms with Crippen LogP contribution >= 0.6 is 11.3 Å². The van der Waals surface area contributed by atoms with Crippen molar-refractivity contribution in [1.82, 2.24) is 0 Å². The summed E-state index contributed by atoms with van der Waals surface area (Å²) in [6, 6.07) is 17.5. The average molecular weight is 337 g/mol. The first-order valence-corrected chi connectivity index (χ1v) is 8.64. The van der Waals surface area contributed by atoms with Crippen LogP contribution in [0.25, 0.3) is 0 Å². The molecule has 1 heterocycles. The number of para-hydroxylation sites is 2. The van der Waals surface area contributed by atoms with Crippen molar-refractivity contribution >= 4 is 22.9 Å².